The molecule has 0 atom stereocenters. The molecule has 1 fully saturated rings. The van der Waals surface area contributed by atoms with Gasteiger partial charge >= 0.3 is 0 Å². The van der Waals surface area contributed by atoms with Gasteiger partial charge < -0.3 is 15.1 Å². The monoisotopic (exact) mass is 346 g/mol. The molecule has 5 heteroatoms. The third-order valence-electron chi connectivity index (χ3n) is 4.47. The molecular formula is C21H22N4O. The molecule has 0 saturated carbocycles. The Morgan fingerprint density at radius 3 is 2.46 bits per heavy atom. The molecule has 1 N–H and O–H groups in total. The fraction of sp³-hybridized carbons (Fsp3) is 0.238. The molecule has 5 nitrogen and oxygen atoms in total. The summed E-state index contributed by atoms with van der Waals surface area (Å²) < 4.78 is 0. The predicted octanol–water partition coefficient (Wildman–Crippen LogP) is 2.96. The lowest BCUT2D eigenvalue weighted by molar-refractivity contribution is -0.111. The first kappa shape index (κ1) is 17.7. The van der Waals surface area contributed by atoms with Crippen molar-refractivity contribution in [1.29, 1.82) is 5.26 Å². The molecule has 0 spiro atoms. The van der Waals surface area contributed by atoms with Crippen LogP contribution in [-0.2, 0) is 4.79 Å². The molecule has 2 aromatic rings. The minimum absolute atomic E-state index is 0.170. The summed E-state index contributed by atoms with van der Waals surface area (Å²) in [5.41, 5.74) is 3.37. The van der Waals surface area contributed by atoms with Crippen LogP contribution in [0, 0.1) is 11.3 Å². The van der Waals surface area contributed by atoms with Crippen molar-refractivity contribution in [2.75, 3.05) is 43.4 Å². The Balaban J connectivity index is 1.67. The average molecular weight is 346 g/mol. The summed E-state index contributed by atoms with van der Waals surface area (Å²) in [6.07, 6.45) is 3.26. The van der Waals surface area contributed by atoms with Crippen LogP contribution in [-0.4, -0.2) is 44.0 Å². The van der Waals surface area contributed by atoms with E-state index in [0.717, 1.165) is 43.1 Å². The first-order chi connectivity index (χ1) is 12.7. The van der Waals surface area contributed by atoms with Crippen molar-refractivity contribution in [2.24, 2.45) is 0 Å². The van der Waals surface area contributed by atoms with Crippen LogP contribution in [0.25, 0.3) is 6.08 Å². The van der Waals surface area contributed by atoms with Crippen LogP contribution in [0.1, 0.15) is 11.1 Å². The quantitative estimate of drug-likeness (QED) is 0.865. The van der Waals surface area contributed by atoms with Gasteiger partial charge in [-0.15, -0.1) is 0 Å². The molecule has 26 heavy (non-hydrogen) atoms. The lowest BCUT2D eigenvalue weighted by atomic mass is 10.1. The summed E-state index contributed by atoms with van der Waals surface area (Å²) in [6.45, 7) is 3.93. The van der Waals surface area contributed by atoms with E-state index in [-0.39, 0.29) is 5.91 Å². The molecule has 0 aromatic heterocycles. The lowest BCUT2D eigenvalue weighted by Crippen LogP contribution is -2.44. The zero-order chi connectivity index (χ0) is 18.4. The van der Waals surface area contributed by atoms with Crippen molar-refractivity contribution < 1.29 is 4.79 Å². The lowest BCUT2D eigenvalue weighted by Gasteiger charge is -2.35. The summed E-state index contributed by atoms with van der Waals surface area (Å²) in [5, 5.41) is 11.8. The van der Waals surface area contributed by atoms with Crippen LogP contribution in [0.4, 0.5) is 11.4 Å². The molecule has 1 saturated heterocycles. The van der Waals surface area contributed by atoms with E-state index in [1.807, 2.05) is 36.4 Å². The van der Waals surface area contributed by atoms with Crippen molar-refractivity contribution in [1.82, 2.24) is 4.90 Å². The maximum atomic E-state index is 12.3. The van der Waals surface area contributed by atoms with Gasteiger partial charge in [0, 0.05) is 32.3 Å². The van der Waals surface area contributed by atoms with E-state index >= 15 is 0 Å². The Morgan fingerprint density at radius 1 is 1.08 bits per heavy atom. The Labute approximate surface area is 154 Å². The number of amides is 1. The van der Waals surface area contributed by atoms with Gasteiger partial charge in [0.25, 0.3) is 0 Å². The Bertz CT molecular complexity index is 828. The number of para-hydroxylation sites is 2. The van der Waals surface area contributed by atoms with E-state index in [2.05, 4.69) is 28.2 Å². The number of carbonyl (C=O) groups excluding carboxylic acids is 1. The van der Waals surface area contributed by atoms with Crippen molar-refractivity contribution in [2.45, 2.75) is 0 Å². The van der Waals surface area contributed by atoms with Gasteiger partial charge in [-0.2, -0.15) is 5.26 Å². The Kier molecular flexibility index (Phi) is 5.67. The predicted molar refractivity (Wildman–Crippen MR) is 105 cm³/mol. The summed E-state index contributed by atoms with van der Waals surface area (Å²) in [5.74, 6) is -0.170. The van der Waals surface area contributed by atoms with Crippen LogP contribution in [0.5, 0.6) is 0 Å². The number of likely N-dealkylation sites (N-methyl/N-ethyl adjacent to an activating group) is 1. The van der Waals surface area contributed by atoms with E-state index < -0.39 is 0 Å². The number of hydrogen-bond donors (Lipinski definition) is 1. The first-order valence-corrected chi connectivity index (χ1v) is 8.67. The maximum Gasteiger partial charge on any atom is 0.248 e. The van der Waals surface area contributed by atoms with Gasteiger partial charge in [0.05, 0.1) is 23.0 Å². The summed E-state index contributed by atoms with van der Waals surface area (Å²) in [4.78, 5) is 16.9. The van der Waals surface area contributed by atoms with E-state index in [9.17, 15) is 4.79 Å². The van der Waals surface area contributed by atoms with Gasteiger partial charge in [0.1, 0.15) is 0 Å². The standard InChI is InChI=1S/C21H22N4O/c1-24-12-14-25(15-13-24)20-5-3-2-4-19(20)23-21(26)11-10-17-6-8-18(16-22)9-7-17/h2-11H,12-15H2,1H3,(H,23,26)/b11-10+. The highest BCUT2D eigenvalue weighted by atomic mass is 16.1. The first-order valence-electron chi connectivity index (χ1n) is 8.67. The SMILES string of the molecule is CN1CCN(c2ccccc2NC(=O)/C=C/c2ccc(C#N)cc2)CC1. The minimum atomic E-state index is -0.170. The number of benzene rings is 2. The van der Waals surface area contributed by atoms with E-state index in [4.69, 9.17) is 5.26 Å². The van der Waals surface area contributed by atoms with Crippen LogP contribution >= 0.6 is 0 Å². The molecule has 132 valence electrons. The van der Waals surface area contributed by atoms with Gasteiger partial charge in [-0.3, -0.25) is 4.79 Å². The number of hydrogen-bond acceptors (Lipinski definition) is 4. The fourth-order valence-electron chi connectivity index (χ4n) is 2.92. The fourth-order valence-corrected chi connectivity index (χ4v) is 2.92. The molecule has 0 bridgehead atoms. The molecule has 0 aliphatic carbocycles. The van der Waals surface area contributed by atoms with Crippen molar-refractivity contribution in [3.63, 3.8) is 0 Å². The summed E-state index contributed by atoms with van der Waals surface area (Å²) in [7, 11) is 2.12. The smallest absolute Gasteiger partial charge is 0.248 e. The second-order valence-electron chi connectivity index (χ2n) is 6.36. The number of anilines is 2. The number of nitriles is 1. The highest BCUT2D eigenvalue weighted by molar-refractivity contribution is 6.03. The number of nitrogens with one attached hydrogen (secondary N) is 1. The molecule has 0 unspecified atom stereocenters. The average Bonchev–Trinajstić information content (AvgIpc) is 2.68. The molecule has 3 rings (SSSR count). The topological polar surface area (TPSA) is 59.4 Å². The zero-order valence-corrected chi connectivity index (χ0v) is 14.9. The van der Waals surface area contributed by atoms with E-state index in [0.29, 0.717) is 5.56 Å². The highest BCUT2D eigenvalue weighted by Gasteiger charge is 2.17. The summed E-state index contributed by atoms with van der Waals surface area (Å²) >= 11 is 0. The van der Waals surface area contributed by atoms with Crippen molar-refractivity contribution in [3.8, 4) is 6.07 Å². The van der Waals surface area contributed by atoms with Gasteiger partial charge in [-0.1, -0.05) is 24.3 Å². The number of rotatable bonds is 4. The second kappa shape index (κ2) is 8.32. The van der Waals surface area contributed by atoms with E-state index in [1.165, 1.54) is 6.08 Å². The van der Waals surface area contributed by atoms with Gasteiger partial charge in [-0.05, 0) is 43.0 Å². The van der Waals surface area contributed by atoms with Crippen LogP contribution in [0.3, 0.4) is 0 Å². The van der Waals surface area contributed by atoms with Gasteiger partial charge in [-0.25, -0.2) is 0 Å². The molecule has 2 aromatic carbocycles. The summed E-state index contributed by atoms with van der Waals surface area (Å²) in [6, 6.07) is 17.1. The van der Waals surface area contributed by atoms with Crippen molar-refractivity contribution >= 4 is 23.4 Å². The third-order valence-corrected chi connectivity index (χ3v) is 4.47. The van der Waals surface area contributed by atoms with Crippen LogP contribution in [0.2, 0.25) is 0 Å². The molecule has 1 aliphatic heterocycles. The highest BCUT2D eigenvalue weighted by Crippen LogP contribution is 2.26. The second-order valence-corrected chi connectivity index (χ2v) is 6.36. The van der Waals surface area contributed by atoms with Crippen molar-refractivity contribution in [3.05, 3.63) is 65.7 Å². The maximum absolute atomic E-state index is 12.3. The van der Waals surface area contributed by atoms with Gasteiger partial charge in [0.2, 0.25) is 5.91 Å². The number of nitrogens with zero attached hydrogens (tertiary/aromatic N) is 3. The van der Waals surface area contributed by atoms with Crippen LogP contribution in [0.15, 0.2) is 54.6 Å². The molecule has 0 radical (unpaired) electrons. The van der Waals surface area contributed by atoms with E-state index in [1.54, 1.807) is 18.2 Å². The molecule has 1 amide bonds. The molecule has 1 heterocycles. The minimum Gasteiger partial charge on any atom is -0.367 e. The number of piperazine rings is 1. The molecular weight excluding hydrogens is 324 g/mol. The third kappa shape index (κ3) is 4.50. The molecule has 1 aliphatic rings. The largest absolute Gasteiger partial charge is 0.367 e. The van der Waals surface area contributed by atoms with Gasteiger partial charge in [0.15, 0.2) is 0 Å². The Hall–Kier alpha value is -3.10. The normalized spacial score (nSPS) is 15.0. The van der Waals surface area contributed by atoms with Crippen LogP contribution < -0.4 is 10.2 Å². The number of carbonyl (C=O) groups is 1. The zero-order valence-electron chi connectivity index (χ0n) is 14.9. The Morgan fingerprint density at radius 2 is 1.77 bits per heavy atom.